The highest BCUT2D eigenvalue weighted by Crippen LogP contribution is 2.39. The number of rotatable bonds is 6. The number of nitrogens with two attached hydrogens (primary N) is 1. The smallest absolute Gasteiger partial charge is 0.260 e. The predicted molar refractivity (Wildman–Crippen MR) is 78.7 cm³/mol. The minimum absolute atomic E-state index is 0.0306. The fourth-order valence-electron chi connectivity index (χ4n) is 2.11. The molecule has 0 aliphatic carbocycles. The molecule has 0 saturated heterocycles. The Morgan fingerprint density at radius 1 is 1.43 bits per heavy atom. The van der Waals surface area contributed by atoms with Crippen LogP contribution >= 0.6 is 0 Å². The molecule has 0 spiro atoms. The second-order valence-electron chi connectivity index (χ2n) is 5.06. The average Bonchev–Trinajstić information content (AvgIpc) is 2.93. The van der Waals surface area contributed by atoms with Crippen LogP contribution in [0.25, 0.3) is 0 Å². The predicted octanol–water partition coefficient (Wildman–Crippen LogP) is 1.21. The summed E-state index contributed by atoms with van der Waals surface area (Å²) >= 11 is 0. The van der Waals surface area contributed by atoms with Crippen molar-refractivity contribution in [3.8, 4) is 17.2 Å². The number of benzene rings is 1. The summed E-state index contributed by atoms with van der Waals surface area (Å²) in [4.78, 5) is 11.6. The fourth-order valence-corrected chi connectivity index (χ4v) is 2.11. The van der Waals surface area contributed by atoms with Crippen LogP contribution < -0.4 is 25.3 Å². The standard InChI is InChI=1S/C15H22N2O4/c1-4-11(16)5-10-6-13-14(20-8-19-13)7-12(10)21-9(2)15(18)17-3/h6-7,9,11H,4-5,8,16H2,1-3H3,(H,17,18). The Morgan fingerprint density at radius 3 is 2.71 bits per heavy atom. The van der Waals surface area contributed by atoms with Crippen LogP contribution in [0.2, 0.25) is 0 Å². The van der Waals surface area contributed by atoms with Crippen molar-refractivity contribution < 1.29 is 19.0 Å². The summed E-state index contributed by atoms with van der Waals surface area (Å²) in [5.74, 6) is 1.74. The molecular formula is C15H22N2O4. The highest BCUT2D eigenvalue weighted by atomic mass is 16.7. The van der Waals surface area contributed by atoms with Gasteiger partial charge in [0.25, 0.3) is 5.91 Å². The number of fused-ring (bicyclic) bond motifs is 1. The lowest BCUT2D eigenvalue weighted by molar-refractivity contribution is -0.126. The zero-order valence-electron chi connectivity index (χ0n) is 12.6. The van der Waals surface area contributed by atoms with Gasteiger partial charge in [0.2, 0.25) is 6.79 Å². The molecule has 0 saturated carbocycles. The average molecular weight is 294 g/mol. The number of nitrogens with one attached hydrogen (secondary N) is 1. The van der Waals surface area contributed by atoms with Crippen LogP contribution in [0, 0.1) is 0 Å². The molecule has 1 aromatic carbocycles. The molecule has 1 heterocycles. The molecule has 2 unspecified atom stereocenters. The molecule has 0 bridgehead atoms. The molecule has 6 heteroatoms. The second-order valence-corrected chi connectivity index (χ2v) is 5.06. The maximum Gasteiger partial charge on any atom is 0.260 e. The number of amides is 1. The van der Waals surface area contributed by atoms with E-state index >= 15 is 0 Å². The zero-order valence-corrected chi connectivity index (χ0v) is 12.6. The largest absolute Gasteiger partial charge is 0.480 e. The Bertz CT molecular complexity index is 519. The van der Waals surface area contributed by atoms with Crippen molar-refractivity contribution in [1.29, 1.82) is 0 Å². The third-order valence-corrected chi connectivity index (χ3v) is 3.48. The van der Waals surface area contributed by atoms with E-state index in [0.29, 0.717) is 23.7 Å². The maximum absolute atomic E-state index is 11.6. The molecule has 1 aliphatic heterocycles. The maximum atomic E-state index is 11.6. The first kappa shape index (κ1) is 15.4. The van der Waals surface area contributed by atoms with Gasteiger partial charge in [0, 0.05) is 19.2 Å². The molecule has 21 heavy (non-hydrogen) atoms. The molecule has 116 valence electrons. The highest BCUT2D eigenvalue weighted by Gasteiger charge is 2.22. The van der Waals surface area contributed by atoms with E-state index in [0.717, 1.165) is 12.0 Å². The van der Waals surface area contributed by atoms with Crippen molar-refractivity contribution >= 4 is 5.91 Å². The normalized spacial score (nSPS) is 15.4. The number of ether oxygens (including phenoxy) is 3. The number of likely N-dealkylation sites (N-methyl/N-ethyl adjacent to an activating group) is 1. The third kappa shape index (κ3) is 3.58. The lowest BCUT2D eigenvalue weighted by Crippen LogP contribution is -2.34. The SMILES string of the molecule is CCC(N)Cc1cc2c(cc1OC(C)C(=O)NC)OCO2. The van der Waals surface area contributed by atoms with Crippen LogP contribution in [0.1, 0.15) is 25.8 Å². The summed E-state index contributed by atoms with van der Waals surface area (Å²) in [5.41, 5.74) is 6.95. The van der Waals surface area contributed by atoms with E-state index in [1.54, 1.807) is 20.0 Å². The van der Waals surface area contributed by atoms with Gasteiger partial charge in [-0.05, 0) is 31.4 Å². The van der Waals surface area contributed by atoms with Crippen LogP contribution in [0.15, 0.2) is 12.1 Å². The molecule has 0 fully saturated rings. The topological polar surface area (TPSA) is 82.8 Å². The molecule has 2 atom stereocenters. The Morgan fingerprint density at radius 2 is 2.10 bits per heavy atom. The first-order valence-corrected chi connectivity index (χ1v) is 7.11. The van der Waals surface area contributed by atoms with Crippen molar-refractivity contribution in [2.24, 2.45) is 5.73 Å². The van der Waals surface area contributed by atoms with Gasteiger partial charge in [-0.25, -0.2) is 0 Å². The highest BCUT2D eigenvalue weighted by molar-refractivity contribution is 5.80. The van der Waals surface area contributed by atoms with E-state index in [4.69, 9.17) is 19.9 Å². The minimum atomic E-state index is -0.591. The number of carbonyl (C=O) groups is 1. The minimum Gasteiger partial charge on any atom is -0.480 e. The van der Waals surface area contributed by atoms with E-state index in [1.807, 2.05) is 13.0 Å². The van der Waals surface area contributed by atoms with E-state index in [2.05, 4.69) is 5.32 Å². The third-order valence-electron chi connectivity index (χ3n) is 3.48. The van der Waals surface area contributed by atoms with Gasteiger partial charge in [-0.1, -0.05) is 6.92 Å². The molecule has 0 radical (unpaired) electrons. The van der Waals surface area contributed by atoms with Crippen molar-refractivity contribution in [1.82, 2.24) is 5.32 Å². The van der Waals surface area contributed by atoms with Gasteiger partial charge in [0.05, 0.1) is 0 Å². The van der Waals surface area contributed by atoms with E-state index in [1.165, 1.54) is 0 Å². The van der Waals surface area contributed by atoms with Crippen LogP contribution in [0.3, 0.4) is 0 Å². The van der Waals surface area contributed by atoms with Crippen LogP contribution in [0.5, 0.6) is 17.2 Å². The number of hydrogen-bond donors (Lipinski definition) is 2. The monoisotopic (exact) mass is 294 g/mol. The molecule has 2 rings (SSSR count). The van der Waals surface area contributed by atoms with Gasteiger partial charge in [-0.3, -0.25) is 4.79 Å². The van der Waals surface area contributed by atoms with Crippen molar-refractivity contribution in [3.63, 3.8) is 0 Å². The molecular weight excluding hydrogens is 272 g/mol. The van der Waals surface area contributed by atoms with Gasteiger partial charge < -0.3 is 25.3 Å². The number of carbonyl (C=O) groups excluding carboxylic acids is 1. The van der Waals surface area contributed by atoms with Gasteiger partial charge in [-0.2, -0.15) is 0 Å². The zero-order chi connectivity index (χ0) is 15.4. The molecule has 1 amide bonds. The Kier molecular flexibility index (Phi) is 4.90. The summed E-state index contributed by atoms with van der Waals surface area (Å²) in [6.07, 6.45) is 0.925. The van der Waals surface area contributed by atoms with Crippen LogP contribution in [-0.2, 0) is 11.2 Å². The Hall–Kier alpha value is -1.95. The molecule has 0 aromatic heterocycles. The van der Waals surface area contributed by atoms with E-state index in [9.17, 15) is 4.79 Å². The second kappa shape index (κ2) is 6.67. The molecule has 1 aromatic rings. The summed E-state index contributed by atoms with van der Waals surface area (Å²) in [7, 11) is 1.58. The summed E-state index contributed by atoms with van der Waals surface area (Å²) < 4.78 is 16.5. The van der Waals surface area contributed by atoms with Gasteiger partial charge in [0.15, 0.2) is 17.6 Å². The Balaban J connectivity index is 2.26. The van der Waals surface area contributed by atoms with Gasteiger partial charge >= 0.3 is 0 Å². The van der Waals surface area contributed by atoms with E-state index < -0.39 is 6.10 Å². The molecule has 3 N–H and O–H groups in total. The summed E-state index contributed by atoms with van der Waals surface area (Å²) in [5, 5.41) is 2.56. The van der Waals surface area contributed by atoms with E-state index in [-0.39, 0.29) is 18.7 Å². The lowest BCUT2D eigenvalue weighted by Gasteiger charge is -2.18. The first-order valence-electron chi connectivity index (χ1n) is 7.11. The fraction of sp³-hybridized carbons (Fsp3) is 0.533. The number of hydrogen-bond acceptors (Lipinski definition) is 5. The summed E-state index contributed by atoms with van der Waals surface area (Å²) in [6.45, 7) is 3.93. The quantitative estimate of drug-likeness (QED) is 0.824. The first-order chi connectivity index (χ1) is 10.0. The summed E-state index contributed by atoms with van der Waals surface area (Å²) in [6, 6.07) is 3.67. The van der Waals surface area contributed by atoms with Gasteiger partial charge in [0.1, 0.15) is 5.75 Å². The molecule has 6 nitrogen and oxygen atoms in total. The van der Waals surface area contributed by atoms with Crippen molar-refractivity contribution in [2.45, 2.75) is 38.8 Å². The van der Waals surface area contributed by atoms with Crippen molar-refractivity contribution in [2.75, 3.05) is 13.8 Å². The van der Waals surface area contributed by atoms with Gasteiger partial charge in [-0.15, -0.1) is 0 Å². The Labute approximate surface area is 124 Å². The van der Waals surface area contributed by atoms with Crippen LogP contribution in [-0.4, -0.2) is 31.9 Å². The van der Waals surface area contributed by atoms with Crippen LogP contribution in [0.4, 0.5) is 0 Å². The molecule has 1 aliphatic rings. The van der Waals surface area contributed by atoms with Crippen molar-refractivity contribution in [3.05, 3.63) is 17.7 Å². The lowest BCUT2D eigenvalue weighted by atomic mass is 10.0.